The van der Waals surface area contributed by atoms with Crippen molar-refractivity contribution in [3.05, 3.63) is 23.8 Å². The second-order valence-corrected chi connectivity index (χ2v) is 4.37. The lowest BCUT2D eigenvalue weighted by Gasteiger charge is -2.19. The van der Waals surface area contributed by atoms with E-state index in [4.69, 9.17) is 5.26 Å². The van der Waals surface area contributed by atoms with Crippen LogP contribution in [-0.2, 0) is 4.79 Å². The number of hydrogen-bond donors (Lipinski definition) is 1. The van der Waals surface area contributed by atoms with Crippen molar-refractivity contribution in [1.29, 1.82) is 5.26 Å². The molecule has 94 valence electrons. The van der Waals surface area contributed by atoms with Crippen molar-refractivity contribution in [2.45, 2.75) is 12.5 Å². The molecule has 1 heterocycles. The maximum absolute atomic E-state index is 11.6. The van der Waals surface area contributed by atoms with Gasteiger partial charge in [-0.3, -0.25) is 4.79 Å². The van der Waals surface area contributed by atoms with Crippen LogP contribution in [0.4, 0.5) is 11.4 Å². The standard InChI is InChI=1S/C13H15N3O2/c1-15(7-3-6-14)9-4-5-10-11(8-9)16(2)13(18)12(10)17/h4-5,8,12,17H,3,7H2,1-2H3. The summed E-state index contributed by atoms with van der Waals surface area (Å²) in [5.74, 6) is -0.304. The Balaban J connectivity index is 2.29. The van der Waals surface area contributed by atoms with Crippen LogP contribution in [-0.4, -0.2) is 31.7 Å². The van der Waals surface area contributed by atoms with E-state index in [9.17, 15) is 9.90 Å². The van der Waals surface area contributed by atoms with Gasteiger partial charge in [0, 0.05) is 31.9 Å². The Morgan fingerprint density at radius 3 is 2.94 bits per heavy atom. The molecule has 1 N–H and O–H groups in total. The number of nitrogens with zero attached hydrogens (tertiary/aromatic N) is 3. The number of amides is 1. The lowest BCUT2D eigenvalue weighted by Crippen LogP contribution is -2.23. The SMILES string of the molecule is CN(CCC#N)c1ccc2c(c1)N(C)C(=O)C2O. The van der Waals surface area contributed by atoms with Crippen LogP contribution in [0.2, 0.25) is 0 Å². The number of benzene rings is 1. The van der Waals surface area contributed by atoms with Crippen LogP contribution in [0.3, 0.4) is 0 Å². The van der Waals surface area contributed by atoms with Crippen LogP contribution >= 0.6 is 0 Å². The van der Waals surface area contributed by atoms with E-state index in [1.165, 1.54) is 4.90 Å². The fourth-order valence-corrected chi connectivity index (χ4v) is 2.07. The fourth-order valence-electron chi connectivity index (χ4n) is 2.07. The van der Waals surface area contributed by atoms with E-state index in [2.05, 4.69) is 6.07 Å². The van der Waals surface area contributed by atoms with Gasteiger partial charge in [0.05, 0.1) is 18.2 Å². The third-order valence-corrected chi connectivity index (χ3v) is 3.23. The Bertz CT molecular complexity index is 521. The van der Waals surface area contributed by atoms with Crippen molar-refractivity contribution in [2.24, 2.45) is 0 Å². The summed E-state index contributed by atoms with van der Waals surface area (Å²) in [4.78, 5) is 15.0. The summed E-state index contributed by atoms with van der Waals surface area (Å²) in [6.07, 6.45) is -0.603. The number of anilines is 2. The Hall–Kier alpha value is -2.06. The average molecular weight is 245 g/mol. The van der Waals surface area contributed by atoms with Gasteiger partial charge in [-0.05, 0) is 12.1 Å². The van der Waals surface area contributed by atoms with E-state index >= 15 is 0 Å². The highest BCUT2D eigenvalue weighted by Crippen LogP contribution is 2.37. The molecule has 0 radical (unpaired) electrons. The molecule has 1 aliphatic heterocycles. The van der Waals surface area contributed by atoms with E-state index in [0.29, 0.717) is 18.5 Å². The second kappa shape index (κ2) is 4.67. The first-order chi connectivity index (χ1) is 8.56. The molecule has 1 unspecified atom stereocenters. The van der Waals surface area contributed by atoms with E-state index in [1.54, 1.807) is 13.1 Å². The van der Waals surface area contributed by atoms with Gasteiger partial charge in [-0.2, -0.15) is 5.26 Å². The van der Waals surface area contributed by atoms with Crippen molar-refractivity contribution in [2.75, 3.05) is 30.4 Å². The first kappa shape index (κ1) is 12.4. The highest BCUT2D eigenvalue weighted by Gasteiger charge is 2.33. The van der Waals surface area contributed by atoms with E-state index in [-0.39, 0.29) is 5.91 Å². The van der Waals surface area contributed by atoms with Crippen LogP contribution in [0.5, 0.6) is 0 Å². The Morgan fingerprint density at radius 2 is 2.28 bits per heavy atom. The number of carbonyl (C=O) groups excluding carboxylic acids is 1. The summed E-state index contributed by atoms with van der Waals surface area (Å²) >= 11 is 0. The predicted molar refractivity (Wildman–Crippen MR) is 68.3 cm³/mol. The van der Waals surface area contributed by atoms with Crippen molar-refractivity contribution < 1.29 is 9.90 Å². The fraction of sp³-hybridized carbons (Fsp3) is 0.385. The zero-order valence-electron chi connectivity index (χ0n) is 10.4. The van der Waals surface area contributed by atoms with Crippen molar-refractivity contribution >= 4 is 17.3 Å². The minimum Gasteiger partial charge on any atom is -0.378 e. The van der Waals surface area contributed by atoms with Gasteiger partial charge in [-0.15, -0.1) is 0 Å². The van der Waals surface area contributed by atoms with Gasteiger partial charge in [0.2, 0.25) is 0 Å². The summed E-state index contributed by atoms with van der Waals surface area (Å²) in [7, 11) is 3.54. The molecule has 0 bridgehead atoms. The lowest BCUT2D eigenvalue weighted by atomic mass is 10.1. The highest BCUT2D eigenvalue weighted by molar-refractivity contribution is 6.03. The largest absolute Gasteiger partial charge is 0.378 e. The number of fused-ring (bicyclic) bond motifs is 1. The van der Waals surface area contributed by atoms with Gasteiger partial charge in [0.1, 0.15) is 0 Å². The number of hydrogen-bond acceptors (Lipinski definition) is 4. The molecule has 0 fully saturated rings. The summed E-state index contributed by atoms with van der Waals surface area (Å²) in [6.45, 7) is 0.634. The topological polar surface area (TPSA) is 67.6 Å². The van der Waals surface area contributed by atoms with E-state index in [0.717, 1.165) is 11.4 Å². The number of rotatable bonds is 3. The van der Waals surface area contributed by atoms with Gasteiger partial charge in [-0.25, -0.2) is 0 Å². The molecule has 1 aliphatic rings. The molecule has 0 aliphatic carbocycles. The summed E-state index contributed by atoms with van der Waals surface area (Å²) in [5.41, 5.74) is 2.30. The smallest absolute Gasteiger partial charge is 0.260 e. The number of aliphatic hydroxyl groups excluding tert-OH is 1. The third-order valence-electron chi connectivity index (χ3n) is 3.23. The monoisotopic (exact) mass is 245 g/mol. The molecular weight excluding hydrogens is 230 g/mol. The zero-order chi connectivity index (χ0) is 13.3. The minimum atomic E-state index is -1.05. The summed E-state index contributed by atoms with van der Waals surface area (Å²) < 4.78 is 0. The van der Waals surface area contributed by atoms with Crippen LogP contribution in [0.25, 0.3) is 0 Å². The number of likely N-dealkylation sites (N-methyl/N-ethyl adjacent to an activating group) is 1. The first-order valence-electron chi connectivity index (χ1n) is 5.74. The molecule has 0 spiro atoms. The van der Waals surface area contributed by atoms with Gasteiger partial charge >= 0.3 is 0 Å². The normalized spacial score (nSPS) is 17.6. The molecule has 18 heavy (non-hydrogen) atoms. The zero-order valence-corrected chi connectivity index (χ0v) is 10.4. The number of carbonyl (C=O) groups is 1. The molecule has 0 saturated heterocycles. The first-order valence-corrected chi connectivity index (χ1v) is 5.74. The molecule has 5 heteroatoms. The molecule has 1 amide bonds. The minimum absolute atomic E-state index is 0.304. The Morgan fingerprint density at radius 1 is 1.56 bits per heavy atom. The van der Waals surface area contributed by atoms with Crippen LogP contribution in [0, 0.1) is 11.3 Å². The van der Waals surface area contributed by atoms with Gasteiger partial charge in [-0.1, -0.05) is 6.07 Å². The number of nitriles is 1. The van der Waals surface area contributed by atoms with Crippen molar-refractivity contribution in [3.8, 4) is 6.07 Å². The molecular formula is C13H15N3O2. The van der Waals surface area contributed by atoms with Crippen molar-refractivity contribution in [3.63, 3.8) is 0 Å². The molecule has 0 aromatic heterocycles. The highest BCUT2D eigenvalue weighted by atomic mass is 16.3. The molecule has 2 rings (SSSR count). The van der Waals surface area contributed by atoms with Crippen LogP contribution in [0.1, 0.15) is 18.1 Å². The third kappa shape index (κ3) is 1.91. The average Bonchev–Trinajstić information content (AvgIpc) is 2.61. The lowest BCUT2D eigenvalue weighted by molar-refractivity contribution is -0.125. The Labute approximate surface area is 106 Å². The van der Waals surface area contributed by atoms with Gasteiger partial charge in [0.15, 0.2) is 6.10 Å². The maximum Gasteiger partial charge on any atom is 0.260 e. The Kier molecular flexibility index (Phi) is 3.21. The van der Waals surface area contributed by atoms with Crippen LogP contribution in [0.15, 0.2) is 18.2 Å². The van der Waals surface area contributed by atoms with Crippen LogP contribution < -0.4 is 9.80 Å². The summed E-state index contributed by atoms with van der Waals surface area (Å²) in [5, 5.41) is 18.3. The number of aliphatic hydroxyl groups is 1. The quantitative estimate of drug-likeness (QED) is 0.864. The molecule has 1 aromatic rings. The van der Waals surface area contributed by atoms with Gasteiger partial charge in [0.25, 0.3) is 5.91 Å². The maximum atomic E-state index is 11.6. The second-order valence-electron chi connectivity index (χ2n) is 4.37. The van der Waals surface area contributed by atoms with E-state index in [1.807, 2.05) is 24.1 Å². The molecule has 5 nitrogen and oxygen atoms in total. The van der Waals surface area contributed by atoms with Crippen molar-refractivity contribution in [1.82, 2.24) is 0 Å². The van der Waals surface area contributed by atoms with E-state index < -0.39 is 6.10 Å². The molecule has 1 atom stereocenters. The molecule has 0 saturated carbocycles. The summed E-state index contributed by atoms with van der Waals surface area (Å²) in [6, 6.07) is 7.58. The predicted octanol–water partition coefficient (Wildman–Crippen LogP) is 1.05. The molecule has 1 aromatic carbocycles. The van der Waals surface area contributed by atoms with Gasteiger partial charge < -0.3 is 14.9 Å².